The van der Waals surface area contributed by atoms with E-state index < -0.39 is 11.9 Å². The predicted octanol–water partition coefficient (Wildman–Crippen LogP) is 3.65. The maximum absolute atomic E-state index is 12.6. The van der Waals surface area contributed by atoms with Gasteiger partial charge in [-0.15, -0.1) is 0 Å². The fourth-order valence-electron chi connectivity index (χ4n) is 2.55. The topological polar surface area (TPSA) is 78.9 Å². The Balaban J connectivity index is 1.80. The number of amides is 3. The molecule has 0 spiro atoms. The lowest BCUT2D eigenvalue weighted by molar-refractivity contribution is -0.123. The van der Waals surface area contributed by atoms with E-state index >= 15 is 0 Å². The van der Waals surface area contributed by atoms with E-state index in [9.17, 15) is 14.7 Å². The summed E-state index contributed by atoms with van der Waals surface area (Å²) >= 11 is 3.35. The second-order valence-electron chi connectivity index (χ2n) is 5.67. The Bertz CT molecular complexity index is 878. The Kier molecular flexibility index (Phi) is 5.27. The van der Waals surface area contributed by atoms with Crippen molar-refractivity contribution in [2.45, 2.75) is 13.5 Å². The smallest absolute Gasteiger partial charge is 0.329 e. The van der Waals surface area contributed by atoms with Gasteiger partial charge in [-0.3, -0.25) is 9.69 Å². The van der Waals surface area contributed by atoms with Crippen LogP contribution >= 0.6 is 15.9 Å². The second-order valence-corrected chi connectivity index (χ2v) is 6.58. The van der Waals surface area contributed by atoms with Crippen molar-refractivity contribution in [3.63, 3.8) is 0 Å². The van der Waals surface area contributed by atoms with Crippen LogP contribution in [0.1, 0.15) is 18.1 Å². The largest absolute Gasteiger partial charge is 0.504 e. The maximum atomic E-state index is 12.6. The van der Waals surface area contributed by atoms with Crippen LogP contribution in [0.4, 0.5) is 4.79 Å². The number of rotatable bonds is 5. The van der Waals surface area contributed by atoms with Crippen LogP contribution in [0.15, 0.2) is 52.6 Å². The molecule has 0 saturated carbocycles. The summed E-state index contributed by atoms with van der Waals surface area (Å²) in [5, 5.41) is 12.3. The van der Waals surface area contributed by atoms with Crippen LogP contribution in [-0.2, 0) is 11.3 Å². The molecule has 0 aromatic heterocycles. The number of halogens is 1. The number of carbonyl (C=O) groups is 2. The van der Waals surface area contributed by atoms with Gasteiger partial charge in [0.1, 0.15) is 5.70 Å². The number of imide groups is 1. The number of ether oxygens (including phenoxy) is 1. The van der Waals surface area contributed by atoms with Crippen molar-refractivity contribution in [3.8, 4) is 11.5 Å². The molecule has 1 fully saturated rings. The van der Waals surface area contributed by atoms with Crippen LogP contribution in [0.25, 0.3) is 6.08 Å². The number of hydrogen-bond acceptors (Lipinski definition) is 4. The first kappa shape index (κ1) is 18.0. The molecule has 0 radical (unpaired) electrons. The highest BCUT2D eigenvalue weighted by Gasteiger charge is 2.33. The normalized spacial score (nSPS) is 15.5. The summed E-state index contributed by atoms with van der Waals surface area (Å²) in [6.07, 6.45) is 1.56. The number of carbonyl (C=O) groups excluding carboxylic acids is 2. The molecule has 134 valence electrons. The first-order chi connectivity index (χ1) is 12.5. The summed E-state index contributed by atoms with van der Waals surface area (Å²) in [5.74, 6) is -0.0538. The van der Waals surface area contributed by atoms with Crippen molar-refractivity contribution in [3.05, 3.63) is 63.8 Å². The van der Waals surface area contributed by atoms with Gasteiger partial charge in [0.15, 0.2) is 11.5 Å². The van der Waals surface area contributed by atoms with Gasteiger partial charge in [-0.25, -0.2) is 4.79 Å². The number of nitrogens with one attached hydrogen (secondary N) is 1. The first-order valence-corrected chi connectivity index (χ1v) is 8.82. The van der Waals surface area contributed by atoms with E-state index in [-0.39, 0.29) is 18.0 Å². The lowest BCUT2D eigenvalue weighted by Gasteiger charge is -2.11. The van der Waals surface area contributed by atoms with E-state index in [1.54, 1.807) is 18.2 Å². The third kappa shape index (κ3) is 3.88. The number of hydrogen-bond donors (Lipinski definition) is 2. The van der Waals surface area contributed by atoms with E-state index in [1.807, 2.05) is 31.2 Å². The van der Waals surface area contributed by atoms with Gasteiger partial charge < -0.3 is 15.2 Å². The van der Waals surface area contributed by atoms with Crippen LogP contribution in [0.2, 0.25) is 0 Å². The number of aromatic hydroxyl groups is 1. The number of phenolic OH excluding ortho intramolecular Hbond substituents is 1. The van der Waals surface area contributed by atoms with E-state index in [1.165, 1.54) is 6.07 Å². The maximum Gasteiger partial charge on any atom is 0.329 e. The zero-order chi connectivity index (χ0) is 18.7. The molecule has 2 N–H and O–H groups in total. The average molecular weight is 417 g/mol. The third-order valence-corrected chi connectivity index (χ3v) is 4.34. The molecular weight excluding hydrogens is 400 g/mol. The van der Waals surface area contributed by atoms with Crippen molar-refractivity contribution in [2.24, 2.45) is 0 Å². The minimum Gasteiger partial charge on any atom is -0.504 e. The summed E-state index contributed by atoms with van der Waals surface area (Å²) in [5.41, 5.74) is 1.67. The molecule has 6 nitrogen and oxygen atoms in total. The lowest BCUT2D eigenvalue weighted by Crippen LogP contribution is -2.30. The fraction of sp³-hybridized carbons (Fsp3) is 0.158. The van der Waals surface area contributed by atoms with Gasteiger partial charge in [0, 0.05) is 4.47 Å². The molecule has 7 heteroatoms. The van der Waals surface area contributed by atoms with Gasteiger partial charge >= 0.3 is 6.03 Å². The van der Waals surface area contributed by atoms with Crippen LogP contribution in [0, 0.1) is 0 Å². The molecule has 0 aliphatic carbocycles. The van der Waals surface area contributed by atoms with E-state index in [4.69, 9.17) is 4.74 Å². The molecule has 3 rings (SSSR count). The van der Waals surface area contributed by atoms with Gasteiger partial charge in [0.05, 0.1) is 13.2 Å². The van der Waals surface area contributed by atoms with Gasteiger partial charge in [0.25, 0.3) is 5.91 Å². The zero-order valence-electron chi connectivity index (χ0n) is 14.0. The van der Waals surface area contributed by atoms with Gasteiger partial charge in [-0.05, 0) is 48.4 Å². The Morgan fingerprint density at radius 2 is 1.92 bits per heavy atom. The third-order valence-electron chi connectivity index (χ3n) is 3.81. The molecular formula is C19H17BrN2O4. The van der Waals surface area contributed by atoms with E-state index in [0.29, 0.717) is 17.9 Å². The highest BCUT2D eigenvalue weighted by molar-refractivity contribution is 9.10. The fourth-order valence-corrected chi connectivity index (χ4v) is 2.81. The van der Waals surface area contributed by atoms with E-state index in [2.05, 4.69) is 21.2 Å². The molecule has 0 bridgehead atoms. The number of phenols is 1. The average Bonchev–Trinajstić information content (AvgIpc) is 2.87. The minimum atomic E-state index is -0.465. The van der Waals surface area contributed by atoms with Crippen LogP contribution in [0.3, 0.4) is 0 Å². The van der Waals surface area contributed by atoms with Gasteiger partial charge in [-0.1, -0.05) is 34.1 Å². The van der Waals surface area contributed by atoms with Crippen molar-refractivity contribution in [1.82, 2.24) is 10.2 Å². The van der Waals surface area contributed by atoms with Crippen molar-refractivity contribution < 1.29 is 19.4 Å². The number of benzene rings is 2. The summed E-state index contributed by atoms with van der Waals surface area (Å²) in [6, 6.07) is 11.7. The lowest BCUT2D eigenvalue weighted by atomic mass is 10.1. The molecule has 3 amide bonds. The molecule has 1 saturated heterocycles. The Morgan fingerprint density at radius 3 is 2.62 bits per heavy atom. The Hall–Kier alpha value is -2.80. The van der Waals surface area contributed by atoms with Gasteiger partial charge in [-0.2, -0.15) is 0 Å². The molecule has 1 heterocycles. The summed E-state index contributed by atoms with van der Waals surface area (Å²) in [4.78, 5) is 25.9. The standard InChI is InChI=1S/C19H17BrN2O4/c1-2-26-17-10-13(5-8-16(17)23)9-15-18(24)22(19(25)21-15)11-12-3-6-14(20)7-4-12/h3-10,23H,2,11H2,1H3,(H,21,25)/b15-9+. The number of nitrogens with zero attached hydrogens (tertiary/aromatic N) is 1. The van der Waals surface area contributed by atoms with Crippen LogP contribution in [0.5, 0.6) is 11.5 Å². The van der Waals surface area contributed by atoms with Crippen LogP contribution in [-0.4, -0.2) is 28.6 Å². The van der Waals surface area contributed by atoms with E-state index in [0.717, 1.165) is 14.9 Å². The molecule has 1 aliphatic rings. The highest BCUT2D eigenvalue weighted by atomic mass is 79.9. The van der Waals surface area contributed by atoms with Crippen molar-refractivity contribution in [2.75, 3.05) is 6.61 Å². The SMILES string of the molecule is CCOc1cc(/C=C2/NC(=O)N(Cc3ccc(Br)cc3)C2=O)ccc1O. The summed E-state index contributed by atoms with van der Waals surface area (Å²) in [6.45, 7) is 2.41. The Labute approximate surface area is 159 Å². The molecule has 0 atom stereocenters. The zero-order valence-corrected chi connectivity index (χ0v) is 15.6. The van der Waals surface area contributed by atoms with Crippen molar-refractivity contribution in [1.29, 1.82) is 0 Å². The predicted molar refractivity (Wildman–Crippen MR) is 100 cm³/mol. The molecule has 0 unspecified atom stereocenters. The second kappa shape index (κ2) is 7.61. The number of urea groups is 1. The highest BCUT2D eigenvalue weighted by Crippen LogP contribution is 2.28. The monoisotopic (exact) mass is 416 g/mol. The molecule has 2 aromatic rings. The molecule has 2 aromatic carbocycles. The summed E-state index contributed by atoms with van der Waals surface area (Å²) < 4.78 is 6.26. The minimum absolute atomic E-state index is 0.0210. The van der Waals surface area contributed by atoms with Crippen LogP contribution < -0.4 is 10.1 Å². The molecule has 1 aliphatic heterocycles. The van der Waals surface area contributed by atoms with Gasteiger partial charge in [0.2, 0.25) is 0 Å². The molecule has 26 heavy (non-hydrogen) atoms. The quantitative estimate of drug-likeness (QED) is 0.575. The van der Waals surface area contributed by atoms with Crippen molar-refractivity contribution >= 4 is 33.9 Å². The Morgan fingerprint density at radius 1 is 1.19 bits per heavy atom. The first-order valence-electron chi connectivity index (χ1n) is 8.02. The summed E-state index contributed by atoms with van der Waals surface area (Å²) in [7, 11) is 0.